The lowest BCUT2D eigenvalue weighted by Gasteiger charge is -2.56. The first-order valence-electron chi connectivity index (χ1n) is 9.17. The summed E-state index contributed by atoms with van der Waals surface area (Å²) in [5.74, 6) is 2.26. The summed E-state index contributed by atoms with van der Waals surface area (Å²) in [6.45, 7) is 0. The topological polar surface area (TPSA) is 46.2 Å². The van der Waals surface area contributed by atoms with Crippen LogP contribution in [0, 0.1) is 17.8 Å². The average Bonchev–Trinajstić information content (AvgIpc) is 2.91. The molecule has 4 fully saturated rings. The van der Waals surface area contributed by atoms with E-state index in [2.05, 4.69) is 4.72 Å². The molecule has 5 aliphatic rings. The van der Waals surface area contributed by atoms with Crippen LogP contribution < -0.4 is 4.72 Å². The third-order valence-electron chi connectivity index (χ3n) is 6.77. The summed E-state index contributed by atoms with van der Waals surface area (Å²) < 4.78 is 29.2. The molecule has 0 aromatic heterocycles. The minimum Gasteiger partial charge on any atom is -0.207 e. The van der Waals surface area contributed by atoms with Gasteiger partial charge in [0, 0.05) is 5.54 Å². The van der Waals surface area contributed by atoms with Crippen LogP contribution in [-0.4, -0.2) is 14.0 Å². The summed E-state index contributed by atoms with van der Waals surface area (Å²) in [5, 5.41) is 0. The lowest BCUT2D eigenvalue weighted by molar-refractivity contribution is -0.00810. The molecule has 0 atom stereocenters. The molecule has 1 aromatic rings. The summed E-state index contributed by atoms with van der Waals surface area (Å²) in [7, 11) is -3.39. The Balaban J connectivity index is 1.45. The first kappa shape index (κ1) is 14.5. The van der Waals surface area contributed by atoms with Crippen molar-refractivity contribution in [3.63, 3.8) is 0 Å². The Bertz CT molecular complexity index is 717. The number of hydrogen-bond donors (Lipinski definition) is 1. The standard InChI is InChI=1S/C19H25NO2S/c21-23(22,18-5-4-16-2-1-3-17(16)9-18)20-19-10-13-6-14(11-19)8-15(7-13)12-19/h4-5,9,13-15,20H,1-3,6-8,10-12H2. The molecular weight excluding hydrogens is 306 g/mol. The number of sulfonamides is 1. The molecule has 124 valence electrons. The molecule has 5 aliphatic carbocycles. The van der Waals surface area contributed by atoms with Crippen molar-refractivity contribution in [3.05, 3.63) is 29.3 Å². The minimum absolute atomic E-state index is 0.146. The Hall–Kier alpha value is -0.870. The summed E-state index contributed by atoms with van der Waals surface area (Å²) in [5.41, 5.74) is 2.42. The summed E-state index contributed by atoms with van der Waals surface area (Å²) in [6, 6.07) is 5.76. The van der Waals surface area contributed by atoms with Crippen molar-refractivity contribution < 1.29 is 8.42 Å². The normalized spacial score (nSPS) is 38.0. The van der Waals surface area contributed by atoms with E-state index in [9.17, 15) is 8.42 Å². The zero-order chi connectivity index (χ0) is 15.7. The molecule has 4 saturated carbocycles. The molecule has 0 amide bonds. The monoisotopic (exact) mass is 331 g/mol. The molecule has 0 radical (unpaired) electrons. The SMILES string of the molecule is O=S(=O)(NC12CC3CC(CC(C3)C1)C2)c1ccc2c(c1)CCC2. The Morgan fingerprint density at radius 2 is 1.52 bits per heavy atom. The minimum atomic E-state index is -3.39. The zero-order valence-electron chi connectivity index (χ0n) is 13.6. The summed E-state index contributed by atoms with van der Waals surface area (Å²) in [6.07, 6.45) is 10.4. The molecule has 1 N–H and O–H groups in total. The van der Waals surface area contributed by atoms with E-state index in [0.29, 0.717) is 4.90 Å². The third-order valence-corrected chi connectivity index (χ3v) is 8.35. The van der Waals surface area contributed by atoms with E-state index in [1.807, 2.05) is 18.2 Å². The second-order valence-electron chi connectivity index (χ2n) is 8.59. The number of rotatable bonds is 3. The van der Waals surface area contributed by atoms with Crippen molar-refractivity contribution in [3.8, 4) is 0 Å². The van der Waals surface area contributed by atoms with E-state index >= 15 is 0 Å². The number of nitrogens with one attached hydrogen (secondary N) is 1. The highest BCUT2D eigenvalue weighted by atomic mass is 32.2. The largest absolute Gasteiger partial charge is 0.241 e. The molecule has 0 saturated heterocycles. The van der Waals surface area contributed by atoms with Crippen LogP contribution in [0.4, 0.5) is 0 Å². The molecule has 1 aromatic carbocycles. The lowest BCUT2D eigenvalue weighted by atomic mass is 9.53. The fourth-order valence-corrected chi connectivity index (χ4v) is 7.78. The predicted molar refractivity (Wildman–Crippen MR) is 89.7 cm³/mol. The van der Waals surface area contributed by atoms with Gasteiger partial charge in [0.05, 0.1) is 4.90 Å². The van der Waals surface area contributed by atoms with Crippen molar-refractivity contribution in [2.24, 2.45) is 17.8 Å². The molecular formula is C19H25NO2S. The van der Waals surface area contributed by atoms with Crippen molar-refractivity contribution in [2.75, 3.05) is 0 Å². The van der Waals surface area contributed by atoms with Crippen LogP contribution in [0.1, 0.15) is 56.1 Å². The highest BCUT2D eigenvalue weighted by Gasteiger charge is 2.52. The lowest BCUT2D eigenvalue weighted by Crippen LogP contribution is -2.59. The fraction of sp³-hybridized carbons (Fsp3) is 0.684. The smallest absolute Gasteiger partial charge is 0.207 e. The van der Waals surface area contributed by atoms with Gasteiger partial charge in [-0.25, -0.2) is 13.1 Å². The van der Waals surface area contributed by atoms with Gasteiger partial charge in [-0.3, -0.25) is 0 Å². The van der Waals surface area contributed by atoms with Gasteiger partial charge in [0.1, 0.15) is 0 Å². The van der Waals surface area contributed by atoms with Crippen LogP contribution in [0.2, 0.25) is 0 Å². The Morgan fingerprint density at radius 3 is 2.17 bits per heavy atom. The number of benzene rings is 1. The molecule has 3 nitrogen and oxygen atoms in total. The number of fused-ring (bicyclic) bond motifs is 1. The van der Waals surface area contributed by atoms with E-state index < -0.39 is 10.0 Å². The molecule has 0 unspecified atom stereocenters. The van der Waals surface area contributed by atoms with Crippen molar-refractivity contribution in [2.45, 2.75) is 68.2 Å². The highest BCUT2D eigenvalue weighted by molar-refractivity contribution is 7.89. The van der Waals surface area contributed by atoms with Gasteiger partial charge in [-0.2, -0.15) is 0 Å². The van der Waals surface area contributed by atoms with Gasteiger partial charge in [0.2, 0.25) is 10.0 Å². The van der Waals surface area contributed by atoms with Gasteiger partial charge >= 0.3 is 0 Å². The maximum Gasteiger partial charge on any atom is 0.241 e. The van der Waals surface area contributed by atoms with Crippen LogP contribution in [0.25, 0.3) is 0 Å². The molecule has 0 aliphatic heterocycles. The first-order valence-corrected chi connectivity index (χ1v) is 10.7. The highest BCUT2D eigenvalue weighted by Crippen LogP contribution is 2.56. The quantitative estimate of drug-likeness (QED) is 0.922. The molecule has 0 heterocycles. The van der Waals surface area contributed by atoms with Crippen LogP contribution in [0.5, 0.6) is 0 Å². The van der Waals surface area contributed by atoms with Crippen LogP contribution >= 0.6 is 0 Å². The third kappa shape index (κ3) is 2.37. The van der Waals surface area contributed by atoms with E-state index in [4.69, 9.17) is 0 Å². The zero-order valence-corrected chi connectivity index (χ0v) is 14.4. The average molecular weight is 331 g/mol. The van der Waals surface area contributed by atoms with Crippen molar-refractivity contribution >= 4 is 10.0 Å². The van der Waals surface area contributed by atoms with Crippen LogP contribution in [-0.2, 0) is 22.9 Å². The first-order chi connectivity index (χ1) is 11.0. The summed E-state index contributed by atoms with van der Waals surface area (Å²) >= 11 is 0. The maximum absolute atomic E-state index is 13.0. The van der Waals surface area contributed by atoms with E-state index in [1.54, 1.807) is 0 Å². The molecule has 4 bridgehead atoms. The molecule has 4 heteroatoms. The fourth-order valence-electron chi connectivity index (χ4n) is 6.29. The summed E-state index contributed by atoms with van der Waals surface area (Å²) in [4.78, 5) is 0.480. The van der Waals surface area contributed by atoms with Crippen molar-refractivity contribution in [1.82, 2.24) is 4.72 Å². The van der Waals surface area contributed by atoms with Gasteiger partial charge in [0.15, 0.2) is 0 Å². The number of aryl methyl sites for hydroxylation is 2. The van der Waals surface area contributed by atoms with Gasteiger partial charge < -0.3 is 0 Å². The Morgan fingerprint density at radius 1 is 0.913 bits per heavy atom. The molecule has 0 spiro atoms. The van der Waals surface area contributed by atoms with E-state index in [1.165, 1.54) is 30.4 Å². The van der Waals surface area contributed by atoms with Crippen LogP contribution in [0.3, 0.4) is 0 Å². The van der Waals surface area contributed by atoms with Gasteiger partial charge in [-0.15, -0.1) is 0 Å². The van der Waals surface area contributed by atoms with Gasteiger partial charge in [0.25, 0.3) is 0 Å². The number of hydrogen-bond acceptors (Lipinski definition) is 2. The molecule has 6 rings (SSSR count). The second kappa shape index (κ2) is 4.82. The van der Waals surface area contributed by atoms with E-state index in [0.717, 1.165) is 56.3 Å². The van der Waals surface area contributed by atoms with Crippen molar-refractivity contribution in [1.29, 1.82) is 0 Å². The van der Waals surface area contributed by atoms with E-state index in [-0.39, 0.29) is 5.54 Å². The second-order valence-corrected chi connectivity index (χ2v) is 10.3. The maximum atomic E-state index is 13.0. The van der Waals surface area contributed by atoms with Gasteiger partial charge in [-0.1, -0.05) is 6.07 Å². The Kier molecular flexibility index (Phi) is 3.04. The Labute approximate surface area is 138 Å². The van der Waals surface area contributed by atoms with Gasteiger partial charge in [-0.05, 0) is 98.8 Å². The molecule has 23 heavy (non-hydrogen) atoms. The van der Waals surface area contributed by atoms with Crippen LogP contribution in [0.15, 0.2) is 23.1 Å². The predicted octanol–water partition coefficient (Wildman–Crippen LogP) is 3.42.